The molecule has 0 bridgehead atoms. The minimum absolute atomic E-state index is 0.0726. The molecule has 172 valence electrons. The van der Waals surface area contributed by atoms with E-state index in [4.69, 9.17) is 4.74 Å². The predicted octanol–water partition coefficient (Wildman–Crippen LogP) is 5.34. The summed E-state index contributed by atoms with van der Waals surface area (Å²) < 4.78 is 16.3. The van der Waals surface area contributed by atoms with Crippen molar-refractivity contribution in [2.45, 2.75) is 26.5 Å². The molecule has 34 heavy (non-hydrogen) atoms. The van der Waals surface area contributed by atoms with E-state index in [1.54, 1.807) is 0 Å². The van der Waals surface area contributed by atoms with Crippen molar-refractivity contribution in [2.24, 2.45) is 0 Å². The van der Waals surface area contributed by atoms with Gasteiger partial charge in [0.15, 0.2) is 0 Å². The number of aromatic carboxylic acids is 1. The van der Waals surface area contributed by atoms with Gasteiger partial charge in [0.2, 0.25) is 0 Å². The Labute approximate surface area is 200 Å². The summed E-state index contributed by atoms with van der Waals surface area (Å²) in [5.41, 5.74) is 5.73. The lowest BCUT2D eigenvalue weighted by Gasteiger charge is -2.10. The second-order valence-electron chi connectivity index (χ2n) is 8.08. The van der Waals surface area contributed by atoms with Crippen LogP contribution < -0.4 is 4.74 Å². The summed E-state index contributed by atoms with van der Waals surface area (Å²) in [6.07, 6.45) is 0.878. The molecule has 0 fully saturated rings. The molecular formula is C26H23N3O4S. The quantitative estimate of drug-likeness (QED) is 0.316. The molecule has 0 saturated heterocycles. The fourth-order valence-corrected chi connectivity index (χ4v) is 4.73. The molecule has 7 nitrogen and oxygen atoms in total. The third kappa shape index (κ3) is 4.02. The molecule has 2 heterocycles. The molecule has 5 aromatic rings. The summed E-state index contributed by atoms with van der Waals surface area (Å²) >= 11 is 1.16. The zero-order valence-corrected chi connectivity index (χ0v) is 19.4. The fourth-order valence-electron chi connectivity index (χ4n) is 4.21. The molecule has 0 radical (unpaired) electrons. The minimum atomic E-state index is -1.01. The van der Waals surface area contributed by atoms with Crippen molar-refractivity contribution in [1.82, 2.24) is 13.3 Å². The normalized spacial score (nSPS) is 11.4. The van der Waals surface area contributed by atoms with Crippen molar-refractivity contribution < 1.29 is 19.7 Å². The zero-order valence-electron chi connectivity index (χ0n) is 18.6. The van der Waals surface area contributed by atoms with Crippen LogP contribution in [-0.4, -0.2) is 36.1 Å². The van der Waals surface area contributed by atoms with Crippen LogP contribution in [0.15, 0.2) is 60.7 Å². The van der Waals surface area contributed by atoms with Crippen LogP contribution in [0.2, 0.25) is 0 Å². The highest BCUT2D eigenvalue weighted by Gasteiger charge is 2.24. The highest BCUT2D eigenvalue weighted by Crippen LogP contribution is 2.38. The van der Waals surface area contributed by atoms with Gasteiger partial charge in [-0.2, -0.15) is 8.75 Å². The SMILES string of the molecule is CCCOc1ccc2c(c1)c(-c1ccc(CO)cc1)c(C(=O)O)n2Cc1ccc2nsnc2c1. The Morgan fingerprint density at radius 2 is 1.76 bits per heavy atom. The number of aliphatic hydroxyl groups excluding tert-OH is 1. The van der Waals surface area contributed by atoms with Crippen molar-refractivity contribution in [3.05, 3.63) is 77.5 Å². The molecule has 8 heteroatoms. The monoisotopic (exact) mass is 473 g/mol. The lowest BCUT2D eigenvalue weighted by molar-refractivity contribution is 0.0687. The van der Waals surface area contributed by atoms with Gasteiger partial charge in [-0.05, 0) is 53.4 Å². The van der Waals surface area contributed by atoms with Crippen LogP contribution in [-0.2, 0) is 13.2 Å². The Bertz CT molecular complexity index is 1490. The average molecular weight is 474 g/mol. The number of hydrogen-bond acceptors (Lipinski definition) is 6. The van der Waals surface area contributed by atoms with Gasteiger partial charge in [0.05, 0.1) is 24.9 Å². The number of carbonyl (C=O) groups is 1. The summed E-state index contributed by atoms with van der Waals surface area (Å²) in [4.78, 5) is 12.6. The Hall–Kier alpha value is -3.75. The lowest BCUT2D eigenvalue weighted by atomic mass is 10.0. The van der Waals surface area contributed by atoms with Crippen LogP contribution in [0.1, 0.15) is 35.0 Å². The third-order valence-electron chi connectivity index (χ3n) is 5.79. The predicted molar refractivity (Wildman–Crippen MR) is 133 cm³/mol. The van der Waals surface area contributed by atoms with Crippen LogP contribution >= 0.6 is 11.7 Å². The molecule has 0 amide bonds. The Morgan fingerprint density at radius 3 is 2.50 bits per heavy atom. The first-order valence-electron chi connectivity index (χ1n) is 11.0. The van der Waals surface area contributed by atoms with E-state index in [1.165, 1.54) is 0 Å². The minimum Gasteiger partial charge on any atom is -0.494 e. The van der Waals surface area contributed by atoms with E-state index < -0.39 is 5.97 Å². The maximum absolute atomic E-state index is 12.6. The van der Waals surface area contributed by atoms with Gasteiger partial charge in [-0.25, -0.2) is 4.79 Å². The second kappa shape index (κ2) is 9.24. The van der Waals surface area contributed by atoms with Crippen LogP contribution in [0.3, 0.4) is 0 Å². The van der Waals surface area contributed by atoms with E-state index in [-0.39, 0.29) is 12.3 Å². The standard InChI is InChI=1S/C26H23N3O4S/c1-2-11-33-19-8-10-23-20(13-19)24(18-6-3-16(15-30)4-7-18)25(26(31)32)29(23)14-17-5-9-21-22(12-17)28-34-27-21/h3-10,12-13,30H,2,11,14-15H2,1H3,(H,31,32). The number of benzene rings is 3. The molecule has 0 aliphatic carbocycles. The van der Waals surface area contributed by atoms with E-state index >= 15 is 0 Å². The average Bonchev–Trinajstić information content (AvgIpc) is 3.45. The first kappa shape index (κ1) is 22.1. The Kier molecular flexibility index (Phi) is 6.00. The first-order chi connectivity index (χ1) is 16.6. The number of hydrogen-bond donors (Lipinski definition) is 2. The number of rotatable bonds is 8. The molecule has 2 aromatic heterocycles. The van der Waals surface area contributed by atoms with Crippen LogP contribution in [0, 0.1) is 0 Å². The van der Waals surface area contributed by atoms with Crippen LogP contribution in [0.5, 0.6) is 5.75 Å². The molecule has 3 aromatic carbocycles. The highest BCUT2D eigenvalue weighted by atomic mass is 32.1. The zero-order chi connectivity index (χ0) is 23.7. The molecule has 2 N–H and O–H groups in total. The molecule has 5 rings (SSSR count). The lowest BCUT2D eigenvalue weighted by Crippen LogP contribution is -2.10. The summed E-state index contributed by atoms with van der Waals surface area (Å²) in [7, 11) is 0. The number of nitrogens with zero attached hydrogens (tertiary/aromatic N) is 3. The highest BCUT2D eigenvalue weighted by molar-refractivity contribution is 7.00. The van der Waals surface area contributed by atoms with E-state index in [1.807, 2.05) is 72.2 Å². The van der Waals surface area contributed by atoms with Crippen molar-refractivity contribution >= 4 is 39.6 Å². The number of carboxylic acid groups (broad SMARTS) is 1. The van der Waals surface area contributed by atoms with E-state index in [9.17, 15) is 15.0 Å². The van der Waals surface area contributed by atoms with Gasteiger partial charge in [-0.1, -0.05) is 37.3 Å². The molecule has 0 aliphatic heterocycles. The first-order valence-corrected chi connectivity index (χ1v) is 11.8. The van der Waals surface area contributed by atoms with Gasteiger partial charge in [0.1, 0.15) is 22.5 Å². The number of ether oxygens (including phenoxy) is 1. The summed E-state index contributed by atoms with van der Waals surface area (Å²) in [6.45, 7) is 2.92. The van der Waals surface area contributed by atoms with E-state index in [0.29, 0.717) is 24.5 Å². The van der Waals surface area contributed by atoms with Crippen molar-refractivity contribution in [1.29, 1.82) is 0 Å². The van der Waals surface area contributed by atoms with Crippen LogP contribution in [0.4, 0.5) is 0 Å². The van der Waals surface area contributed by atoms with Gasteiger partial charge in [-0.15, -0.1) is 0 Å². The van der Waals surface area contributed by atoms with Gasteiger partial charge in [0, 0.05) is 23.0 Å². The van der Waals surface area contributed by atoms with Gasteiger partial charge in [-0.3, -0.25) is 0 Å². The number of aliphatic hydroxyl groups is 1. The van der Waals surface area contributed by atoms with E-state index in [0.717, 1.165) is 56.8 Å². The smallest absolute Gasteiger partial charge is 0.353 e. The molecule has 0 aliphatic rings. The summed E-state index contributed by atoms with van der Waals surface area (Å²) in [5.74, 6) is -0.309. The van der Waals surface area contributed by atoms with Gasteiger partial charge < -0.3 is 19.5 Å². The Morgan fingerprint density at radius 1 is 1.00 bits per heavy atom. The maximum atomic E-state index is 12.6. The molecule has 0 atom stereocenters. The second-order valence-corrected chi connectivity index (χ2v) is 8.61. The number of aromatic nitrogens is 3. The third-order valence-corrected chi connectivity index (χ3v) is 6.35. The molecule has 0 saturated carbocycles. The van der Waals surface area contributed by atoms with Crippen molar-refractivity contribution in [3.63, 3.8) is 0 Å². The largest absolute Gasteiger partial charge is 0.494 e. The fraction of sp³-hybridized carbons (Fsp3) is 0.192. The maximum Gasteiger partial charge on any atom is 0.353 e. The molecule has 0 spiro atoms. The van der Waals surface area contributed by atoms with Crippen molar-refractivity contribution in [3.8, 4) is 16.9 Å². The number of carboxylic acids is 1. The topological polar surface area (TPSA) is 97.5 Å². The molecular weight excluding hydrogens is 450 g/mol. The Balaban J connectivity index is 1.72. The summed E-state index contributed by atoms with van der Waals surface area (Å²) in [5, 5.41) is 20.6. The van der Waals surface area contributed by atoms with Gasteiger partial charge in [0.25, 0.3) is 0 Å². The van der Waals surface area contributed by atoms with Crippen molar-refractivity contribution in [2.75, 3.05) is 6.61 Å². The number of fused-ring (bicyclic) bond motifs is 2. The van der Waals surface area contributed by atoms with E-state index in [2.05, 4.69) is 8.75 Å². The molecule has 0 unspecified atom stereocenters. The summed E-state index contributed by atoms with van der Waals surface area (Å²) in [6, 6.07) is 18.8. The van der Waals surface area contributed by atoms with Gasteiger partial charge >= 0.3 is 5.97 Å². The van der Waals surface area contributed by atoms with Crippen LogP contribution in [0.25, 0.3) is 33.1 Å².